The van der Waals surface area contributed by atoms with Crippen molar-refractivity contribution in [1.29, 1.82) is 0 Å². The number of rotatable bonds is 36. The van der Waals surface area contributed by atoms with Gasteiger partial charge in [0.2, 0.25) is 0 Å². The first-order valence-corrected chi connectivity index (χ1v) is 22.0. The predicted octanol–water partition coefficient (Wildman–Crippen LogP) is 8.60. The van der Waals surface area contributed by atoms with Gasteiger partial charge in [-0.1, -0.05) is 81.3 Å². The lowest BCUT2D eigenvalue weighted by Gasteiger charge is -2.19. The highest BCUT2D eigenvalue weighted by Crippen LogP contribution is 2.20. The third-order valence-electron chi connectivity index (χ3n) is 9.07. The topological polar surface area (TPSA) is 161 Å². The third-order valence-corrected chi connectivity index (χ3v) is 9.07. The molecule has 0 saturated heterocycles. The van der Waals surface area contributed by atoms with Crippen molar-refractivity contribution in [3.05, 3.63) is 109 Å². The summed E-state index contributed by atoms with van der Waals surface area (Å²) in [6.45, 7) is 12.5. The van der Waals surface area contributed by atoms with Crippen molar-refractivity contribution >= 4 is 23.9 Å². The minimum absolute atomic E-state index is 0.120. The molecular weight excluding hydrogens is 825 g/mol. The number of hydrogen-bond donors (Lipinski definition) is 0. The molecule has 0 saturated carbocycles. The summed E-state index contributed by atoms with van der Waals surface area (Å²) in [5.41, 5.74) is 0.743. The van der Waals surface area contributed by atoms with Crippen molar-refractivity contribution in [1.82, 2.24) is 0 Å². The summed E-state index contributed by atoms with van der Waals surface area (Å²) in [5.74, 6) is 1.02. The maximum Gasteiger partial charge on any atom is 0.333 e. The van der Waals surface area contributed by atoms with Crippen LogP contribution in [0, 0.1) is 0 Å². The van der Waals surface area contributed by atoms with Crippen LogP contribution in [0.15, 0.2) is 109 Å². The number of ether oxygens (including phenoxy) is 10. The first kappa shape index (κ1) is 52.5. The summed E-state index contributed by atoms with van der Waals surface area (Å²) in [6.07, 6.45) is 5.21. The molecule has 0 bridgehead atoms. The van der Waals surface area contributed by atoms with E-state index in [2.05, 4.69) is 13.2 Å². The van der Waals surface area contributed by atoms with E-state index in [1.807, 2.05) is 78.9 Å². The van der Waals surface area contributed by atoms with Crippen molar-refractivity contribution in [2.45, 2.75) is 90.3 Å². The highest BCUT2D eigenvalue weighted by molar-refractivity contribution is 5.87. The Morgan fingerprint density at radius 1 is 0.438 bits per heavy atom. The van der Waals surface area contributed by atoms with E-state index in [-0.39, 0.29) is 77.6 Å². The fraction of sp³-hybridized carbons (Fsp3) is 0.480. The SMILES string of the molecule is C=C(C)C(=O)OCCCCCCC(=O)OC(COCCOc1cccc(OCCOCC(COc2ccccc2)OC(=O)CCCCCCOC(=O)C(=C)C)c1)COc1ccccc1. The van der Waals surface area contributed by atoms with Gasteiger partial charge in [0.15, 0.2) is 12.2 Å². The van der Waals surface area contributed by atoms with Gasteiger partial charge in [-0.25, -0.2) is 9.59 Å². The number of hydrogen-bond acceptors (Lipinski definition) is 14. The molecule has 0 heterocycles. The summed E-state index contributed by atoms with van der Waals surface area (Å²) < 4.78 is 56.8. The van der Waals surface area contributed by atoms with Crippen LogP contribution in [0.25, 0.3) is 0 Å². The molecule has 64 heavy (non-hydrogen) atoms. The molecule has 3 rings (SSSR count). The Balaban J connectivity index is 1.34. The van der Waals surface area contributed by atoms with Gasteiger partial charge in [-0.05, 0) is 75.9 Å². The first-order chi connectivity index (χ1) is 31.1. The van der Waals surface area contributed by atoms with Crippen LogP contribution in [0.5, 0.6) is 23.0 Å². The summed E-state index contributed by atoms with van der Waals surface area (Å²) in [4.78, 5) is 48.3. The van der Waals surface area contributed by atoms with Crippen molar-refractivity contribution in [2.24, 2.45) is 0 Å². The second-order valence-electron chi connectivity index (χ2n) is 15.0. The summed E-state index contributed by atoms with van der Waals surface area (Å²) >= 11 is 0. The summed E-state index contributed by atoms with van der Waals surface area (Å²) in [5, 5.41) is 0. The average Bonchev–Trinajstić information content (AvgIpc) is 3.29. The van der Waals surface area contributed by atoms with Crippen molar-refractivity contribution < 1.29 is 66.5 Å². The summed E-state index contributed by atoms with van der Waals surface area (Å²) in [7, 11) is 0. The van der Waals surface area contributed by atoms with Crippen LogP contribution in [0.2, 0.25) is 0 Å². The van der Waals surface area contributed by atoms with E-state index in [1.165, 1.54) is 0 Å². The number of para-hydroxylation sites is 2. The summed E-state index contributed by atoms with van der Waals surface area (Å²) in [6, 6.07) is 25.7. The lowest BCUT2D eigenvalue weighted by Crippen LogP contribution is -2.30. The van der Waals surface area contributed by atoms with Gasteiger partial charge in [-0.3, -0.25) is 9.59 Å². The third kappa shape index (κ3) is 25.3. The Morgan fingerprint density at radius 2 is 0.828 bits per heavy atom. The highest BCUT2D eigenvalue weighted by Gasteiger charge is 2.18. The molecule has 0 spiro atoms. The van der Waals surface area contributed by atoms with Gasteiger partial charge < -0.3 is 47.4 Å². The molecular formula is C50H66O14. The molecule has 350 valence electrons. The van der Waals surface area contributed by atoms with E-state index >= 15 is 0 Å². The molecule has 0 radical (unpaired) electrons. The van der Waals surface area contributed by atoms with Crippen molar-refractivity contribution in [3.8, 4) is 23.0 Å². The Bertz CT molecular complexity index is 1670. The maximum absolute atomic E-state index is 12.7. The van der Waals surface area contributed by atoms with Crippen molar-refractivity contribution in [3.63, 3.8) is 0 Å². The molecule has 14 heteroatoms. The van der Waals surface area contributed by atoms with Crippen LogP contribution in [0.1, 0.15) is 78.1 Å². The molecule has 2 atom stereocenters. The molecule has 2 unspecified atom stereocenters. The number of esters is 4. The zero-order valence-corrected chi connectivity index (χ0v) is 37.5. The minimum atomic E-state index is -0.624. The monoisotopic (exact) mass is 890 g/mol. The van der Waals surface area contributed by atoms with E-state index in [9.17, 15) is 19.2 Å². The lowest BCUT2D eigenvalue weighted by molar-refractivity contribution is -0.155. The van der Waals surface area contributed by atoms with Crippen LogP contribution in [0.3, 0.4) is 0 Å². The number of benzene rings is 3. The molecule has 0 N–H and O–H groups in total. The Hall–Kier alpha value is -5.86. The van der Waals surface area contributed by atoms with Crippen LogP contribution < -0.4 is 18.9 Å². The largest absolute Gasteiger partial charge is 0.491 e. The average molecular weight is 891 g/mol. The van der Waals surface area contributed by atoms with E-state index in [1.54, 1.807) is 19.9 Å². The van der Waals surface area contributed by atoms with Gasteiger partial charge >= 0.3 is 23.9 Å². The van der Waals surface area contributed by atoms with Crippen LogP contribution in [-0.2, 0) is 47.6 Å². The Labute approximate surface area is 378 Å². The first-order valence-electron chi connectivity index (χ1n) is 22.0. The van der Waals surface area contributed by atoms with Gasteiger partial charge in [-0.2, -0.15) is 0 Å². The number of carbonyl (C=O) groups excluding carboxylic acids is 4. The van der Waals surface area contributed by atoms with Gasteiger partial charge in [0.05, 0.1) is 39.6 Å². The van der Waals surface area contributed by atoms with Gasteiger partial charge in [0, 0.05) is 30.1 Å². The van der Waals surface area contributed by atoms with Gasteiger partial charge in [-0.15, -0.1) is 0 Å². The molecule has 14 nitrogen and oxygen atoms in total. The molecule has 0 amide bonds. The fourth-order valence-electron chi connectivity index (χ4n) is 5.68. The van der Waals surface area contributed by atoms with Crippen LogP contribution >= 0.6 is 0 Å². The standard InChI is InChI=1S/C50H66O14/c1-39(2)49(53)59-28-17-7-5-15-26-47(51)63-45(37-61-41-20-11-9-12-21-41)35-55-30-32-57-43-24-19-25-44(34-43)58-33-31-56-36-46(38-62-42-22-13-10-14-23-42)64-48(52)27-16-6-8-18-29-60-50(54)40(3)4/h9-14,19-25,34,45-46H,1,3,5-8,15-18,26-33,35-38H2,2,4H3. The quantitative estimate of drug-likeness (QED) is 0.0236. The number of carbonyl (C=O) groups is 4. The van der Waals surface area contributed by atoms with Crippen LogP contribution in [0.4, 0.5) is 0 Å². The van der Waals surface area contributed by atoms with Crippen LogP contribution in [-0.4, -0.2) is 102 Å². The van der Waals surface area contributed by atoms with Gasteiger partial charge in [0.25, 0.3) is 0 Å². The highest BCUT2D eigenvalue weighted by atomic mass is 16.6. The molecule has 0 aliphatic rings. The van der Waals surface area contributed by atoms with E-state index in [4.69, 9.17) is 47.4 Å². The molecule has 3 aromatic rings. The fourth-order valence-corrected chi connectivity index (χ4v) is 5.68. The number of unbranched alkanes of at least 4 members (excludes halogenated alkanes) is 6. The van der Waals surface area contributed by atoms with E-state index < -0.39 is 24.1 Å². The molecule has 0 aliphatic carbocycles. The second kappa shape index (κ2) is 32.8. The van der Waals surface area contributed by atoms with E-state index in [0.717, 1.165) is 25.7 Å². The predicted molar refractivity (Wildman–Crippen MR) is 240 cm³/mol. The minimum Gasteiger partial charge on any atom is -0.491 e. The van der Waals surface area contributed by atoms with E-state index in [0.29, 0.717) is 73.0 Å². The second-order valence-corrected chi connectivity index (χ2v) is 15.0. The maximum atomic E-state index is 12.7. The lowest BCUT2D eigenvalue weighted by atomic mass is 10.1. The smallest absolute Gasteiger partial charge is 0.333 e. The van der Waals surface area contributed by atoms with Gasteiger partial charge in [0.1, 0.15) is 49.4 Å². The molecule has 0 aromatic heterocycles. The normalized spacial score (nSPS) is 11.7. The van der Waals surface area contributed by atoms with Crippen molar-refractivity contribution in [2.75, 3.05) is 66.1 Å². The zero-order chi connectivity index (χ0) is 46.0. The molecule has 3 aromatic carbocycles. The zero-order valence-electron chi connectivity index (χ0n) is 37.5. The Morgan fingerprint density at radius 3 is 1.23 bits per heavy atom. The Kier molecular flexibility index (Phi) is 26.9. The molecule has 0 aliphatic heterocycles. The molecule has 0 fully saturated rings.